The average molecular weight is 169 g/mol. The molecule has 0 aromatic rings. The summed E-state index contributed by atoms with van der Waals surface area (Å²) in [6, 6.07) is 0.518. The van der Waals surface area contributed by atoms with E-state index in [4.69, 9.17) is 0 Å². The van der Waals surface area contributed by atoms with E-state index in [9.17, 15) is 0 Å². The molecular weight excluding hydrogens is 146 g/mol. The second-order valence-electron chi connectivity index (χ2n) is 3.71. The van der Waals surface area contributed by atoms with Crippen molar-refractivity contribution >= 4 is 0 Å². The van der Waals surface area contributed by atoms with Crippen LogP contribution in [0.25, 0.3) is 0 Å². The molecular formula is C11H23N. The summed E-state index contributed by atoms with van der Waals surface area (Å²) in [6.45, 7) is 10.8. The Hall–Kier alpha value is -0.300. The molecule has 0 spiro atoms. The van der Waals surface area contributed by atoms with Crippen LogP contribution in [0, 0.1) is 5.92 Å². The Labute approximate surface area is 77.2 Å². The van der Waals surface area contributed by atoms with Crippen LogP contribution in [0.1, 0.15) is 40.0 Å². The van der Waals surface area contributed by atoms with Gasteiger partial charge in [0.1, 0.15) is 0 Å². The standard InChI is InChI=1S/C11H23N/c1-6-7-8-11(12-5)10(4)9(2)3/h9,11-12H,4,6-8H2,1-3,5H3. The summed E-state index contributed by atoms with van der Waals surface area (Å²) in [5.74, 6) is 0.597. The van der Waals surface area contributed by atoms with Gasteiger partial charge in [0.2, 0.25) is 0 Å². The first-order valence-electron chi connectivity index (χ1n) is 4.99. The molecule has 12 heavy (non-hydrogen) atoms. The van der Waals surface area contributed by atoms with Gasteiger partial charge >= 0.3 is 0 Å². The van der Waals surface area contributed by atoms with E-state index in [-0.39, 0.29) is 0 Å². The van der Waals surface area contributed by atoms with Gasteiger partial charge in [0.05, 0.1) is 0 Å². The van der Waals surface area contributed by atoms with Crippen LogP contribution < -0.4 is 5.32 Å². The fraction of sp³-hybridized carbons (Fsp3) is 0.818. The third kappa shape index (κ3) is 3.91. The zero-order valence-electron chi connectivity index (χ0n) is 8.98. The van der Waals surface area contributed by atoms with E-state index < -0.39 is 0 Å². The molecule has 1 unspecified atom stereocenters. The minimum atomic E-state index is 0.518. The number of unbranched alkanes of at least 4 members (excludes halogenated alkanes) is 1. The van der Waals surface area contributed by atoms with E-state index in [1.807, 2.05) is 7.05 Å². The van der Waals surface area contributed by atoms with Gasteiger partial charge in [-0.05, 0) is 19.4 Å². The van der Waals surface area contributed by atoms with Crippen LogP contribution in [-0.4, -0.2) is 13.1 Å². The van der Waals surface area contributed by atoms with Gasteiger partial charge in [-0.15, -0.1) is 0 Å². The number of nitrogens with one attached hydrogen (secondary N) is 1. The molecule has 72 valence electrons. The number of likely N-dealkylation sites (N-methyl/N-ethyl adjacent to an activating group) is 1. The summed E-state index contributed by atoms with van der Waals surface area (Å²) in [6.07, 6.45) is 3.78. The van der Waals surface area contributed by atoms with Gasteiger partial charge in [0.25, 0.3) is 0 Å². The van der Waals surface area contributed by atoms with Crippen molar-refractivity contribution in [2.45, 2.75) is 46.1 Å². The van der Waals surface area contributed by atoms with Crippen molar-refractivity contribution in [3.05, 3.63) is 12.2 Å². The second kappa shape index (κ2) is 6.24. The molecule has 0 aliphatic heterocycles. The van der Waals surface area contributed by atoms with Gasteiger partial charge in [0.15, 0.2) is 0 Å². The highest BCUT2D eigenvalue weighted by Gasteiger charge is 2.11. The Bertz CT molecular complexity index is 127. The minimum Gasteiger partial charge on any atom is -0.313 e. The zero-order valence-corrected chi connectivity index (χ0v) is 8.98. The van der Waals surface area contributed by atoms with E-state index in [2.05, 4.69) is 32.7 Å². The van der Waals surface area contributed by atoms with Gasteiger partial charge < -0.3 is 5.32 Å². The summed E-state index contributed by atoms with van der Waals surface area (Å²) in [4.78, 5) is 0. The van der Waals surface area contributed by atoms with Crippen molar-refractivity contribution < 1.29 is 0 Å². The summed E-state index contributed by atoms with van der Waals surface area (Å²) in [5, 5.41) is 3.32. The summed E-state index contributed by atoms with van der Waals surface area (Å²) < 4.78 is 0. The van der Waals surface area contributed by atoms with E-state index in [1.54, 1.807) is 0 Å². The Morgan fingerprint density at radius 1 is 1.42 bits per heavy atom. The minimum absolute atomic E-state index is 0.518. The van der Waals surface area contributed by atoms with Crippen LogP contribution in [-0.2, 0) is 0 Å². The maximum absolute atomic E-state index is 4.12. The first kappa shape index (κ1) is 11.7. The predicted molar refractivity (Wildman–Crippen MR) is 56.4 cm³/mol. The van der Waals surface area contributed by atoms with Crippen molar-refractivity contribution in [2.75, 3.05) is 7.05 Å². The van der Waals surface area contributed by atoms with E-state index in [1.165, 1.54) is 24.8 Å². The number of hydrogen-bond acceptors (Lipinski definition) is 1. The second-order valence-corrected chi connectivity index (χ2v) is 3.71. The monoisotopic (exact) mass is 169 g/mol. The number of rotatable bonds is 6. The molecule has 1 N–H and O–H groups in total. The summed E-state index contributed by atoms with van der Waals surface area (Å²) in [5.41, 5.74) is 1.34. The third-order valence-corrected chi connectivity index (χ3v) is 2.38. The van der Waals surface area contributed by atoms with Gasteiger partial charge in [-0.2, -0.15) is 0 Å². The van der Waals surface area contributed by atoms with Crippen molar-refractivity contribution in [1.29, 1.82) is 0 Å². The predicted octanol–water partition coefficient (Wildman–Crippen LogP) is 2.98. The van der Waals surface area contributed by atoms with Crippen LogP contribution >= 0.6 is 0 Å². The Morgan fingerprint density at radius 3 is 2.33 bits per heavy atom. The molecule has 0 bridgehead atoms. The molecule has 0 amide bonds. The molecule has 0 saturated heterocycles. The topological polar surface area (TPSA) is 12.0 Å². The van der Waals surface area contributed by atoms with Crippen LogP contribution in [0.2, 0.25) is 0 Å². The molecule has 0 aliphatic rings. The summed E-state index contributed by atoms with van der Waals surface area (Å²) >= 11 is 0. The highest BCUT2D eigenvalue weighted by molar-refractivity contribution is 5.07. The third-order valence-electron chi connectivity index (χ3n) is 2.38. The lowest BCUT2D eigenvalue weighted by Gasteiger charge is -2.21. The van der Waals surface area contributed by atoms with Gasteiger partial charge in [-0.3, -0.25) is 0 Å². The van der Waals surface area contributed by atoms with Crippen molar-refractivity contribution in [3.63, 3.8) is 0 Å². The van der Waals surface area contributed by atoms with Crippen molar-refractivity contribution in [1.82, 2.24) is 5.32 Å². The summed E-state index contributed by atoms with van der Waals surface area (Å²) in [7, 11) is 2.02. The Balaban J connectivity index is 3.88. The maximum atomic E-state index is 4.12. The van der Waals surface area contributed by atoms with Crippen LogP contribution in [0.4, 0.5) is 0 Å². The SMILES string of the molecule is C=C(C(C)C)C(CCCC)NC. The Kier molecular flexibility index (Phi) is 6.09. The molecule has 1 nitrogen and oxygen atoms in total. The number of hydrogen-bond donors (Lipinski definition) is 1. The maximum Gasteiger partial charge on any atom is 0.0276 e. The van der Waals surface area contributed by atoms with Gasteiger partial charge in [-0.25, -0.2) is 0 Å². The zero-order chi connectivity index (χ0) is 9.56. The lowest BCUT2D eigenvalue weighted by molar-refractivity contribution is 0.516. The first-order chi connectivity index (χ1) is 5.63. The molecule has 0 aliphatic carbocycles. The van der Waals surface area contributed by atoms with E-state index in [0.29, 0.717) is 12.0 Å². The molecule has 0 heterocycles. The highest BCUT2D eigenvalue weighted by Crippen LogP contribution is 2.15. The van der Waals surface area contributed by atoms with Crippen molar-refractivity contribution in [3.8, 4) is 0 Å². The smallest absolute Gasteiger partial charge is 0.0276 e. The van der Waals surface area contributed by atoms with Gasteiger partial charge in [0, 0.05) is 6.04 Å². The lowest BCUT2D eigenvalue weighted by atomic mass is 9.94. The quantitative estimate of drug-likeness (QED) is 0.603. The largest absolute Gasteiger partial charge is 0.313 e. The van der Waals surface area contributed by atoms with Crippen LogP contribution in [0.3, 0.4) is 0 Å². The molecule has 1 atom stereocenters. The lowest BCUT2D eigenvalue weighted by Crippen LogP contribution is -2.28. The van der Waals surface area contributed by atoms with Crippen LogP contribution in [0.15, 0.2) is 12.2 Å². The molecule has 0 radical (unpaired) electrons. The average Bonchev–Trinajstić information content (AvgIpc) is 2.05. The first-order valence-corrected chi connectivity index (χ1v) is 4.99. The van der Waals surface area contributed by atoms with E-state index >= 15 is 0 Å². The fourth-order valence-corrected chi connectivity index (χ4v) is 1.33. The Morgan fingerprint density at radius 2 is 2.00 bits per heavy atom. The van der Waals surface area contributed by atoms with Crippen molar-refractivity contribution in [2.24, 2.45) is 5.92 Å². The molecule has 0 aromatic carbocycles. The van der Waals surface area contributed by atoms with E-state index in [0.717, 1.165) is 0 Å². The molecule has 0 aromatic heterocycles. The normalized spacial score (nSPS) is 13.4. The molecule has 0 fully saturated rings. The molecule has 0 saturated carbocycles. The van der Waals surface area contributed by atoms with Gasteiger partial charge in [-0.1, -0.05) is 45.8 Å². The molecule has 0 rings (SSSR count). The highest BCUT2D eigenvalue weighted by atomic mass is 14.9. The fourth-order valence-electron chi connectivity index (χ4n) is 1.33. The molecule has 1 heteroatoms. The van der Waals surface area contributed by atoms with Crippen LogP contribution in [0.5, 0.6) is 0 Å².